The molecule has 5 nitrogen and oxygen atoms in total. The first kappa shape index (κ1) is 20.4. The number of hydrogen-bond acceptors (Lipinski definition) is 5. The van der Waals surface area contributed by atoms with E-state index in [2.05, 4.69) is 64.9 Å². The van der Waals surface area contributed by atoms with Crippen LogP contribution < -0.4 is 5.56 Å². The zero-order chi connectivity index (χ0) is 21.1. The van der Waals surface area contributed by atoms with Crippen molar-refractivity contribution in [2.24, 2.45) is 0 Å². The summed E-state index contributed by atoms with van der Waals surface area (Å²) in [6.07, 6.45) is 1.95. The standard InChI is InChI=1S/C24H26N4OS/c1-4-28(15-22-26-21-8-6-5-7-20(21)23(29)27-22)14-19-13-25-24(30-19)18-11-9-17(10-12-18)16(2)3/h5-13,16H,4,14-15H2,1-3H3,(H,26,27,29). The lowest BCUT2D eigenvalue weighted by molar-refractivity contribution is 0.267. The molecular formula is C24H26N4OS. The van der Waals surface area contributed by atoms with Gasteiger partial charge in [0, 0.05) is 23.2 Å². The van der Waals surface area contributed by atoms with Crippen LogP contribution in [0.3, 0.4) is 0 Å². The molecule has 0 fully saturated rings. The first-order valence-corrected chi connectivity index (χ1v) is 11.1. The molecular weight excluding hydrogens is 392 g/mol. The smallest absolute Gasteiger partial charge is 0.258 e. The largest absolute Gasteiger partial charge is 0.309 e. The maximum Gasteiger partial charge on any atom is 0.258 e. The molecule has 2 heterocycles. The van der Waals surface area contributed by atoms with Crippen molar-refractivity contribution in [1.29, 1.82) is 0 Å². The van der Waals surface area contributed by atoms with Gasteiger partial charge in [0.05, 0.1) is 17.4 Å². The number of hydrogen-bond donors (Lipinski definition) is 1. The van der Waals surface area contributed by atoms with Gasteiger partial charge in [0.25, 0.3) is 5.56 Å². The fourth-order valence-electron chi connectivity index (χ4n) is 3.45. The number of nitrogens with one attached hydrogen (secondary N) is 1. The van der Waals surface area contributed by atoms with Gasteiger partial charge in [-0.25, -0.2) is 9.97 Å². The van der Waals surface area contributed by atoms with Gasteiger partial charge in [-0.1, -0.05) is 57.2 Å². The summed E-state index contributed by atoms with van der Waals surface area (Å²) in [6.45, 7) is 8.74. The highest BCUT2D eigenvalue weighted by atomic mass is 32.1. The average molecular weight is 419 g/mol. The van der Waals surface area contributed by atoms with E-state index in [1.165, 1.54) is 10.4 Å². The van der Waals surface area contributed by atoms with E-state index in [4.69, 9.17) is 0 Å². The van der Waals surface area contributed by atoms with Gasteiger partial charge in [0.1, 0.15) is 10.8 Å². The molecule has 154 valence electrons. The molecule has 0 radical (unpaired) electrons. The molecule has 2 aromatic carbocycles. The summed E-state index contributed by atoms with van der Waals surface area (Å²) in [6, 6.07) is 16.1. The van der Waals surface area contributed by atoms with E-state index in [0.29, 0.717) is 23.7 Å². The van der Waals surface area contributed by atoms with Crippen molar-refractivity contribution in [2.75, 3.05) is 6.54 Å². The molecule has 30 heavy (non-hydrogen) atoms. The monoisotopic (exact) mass is 418 g/mol. The molecule has 0 unspecified atom stereocenters. The molecule has 0 spiro atoms. The number of aromatic nitrogens is 3. The minimum absolute atomic E-state index is 0.0865. The number of fused-ring (bicyclic) bond motifs is 1. The molecule has 6 heteroatoms. The minimum atomic E-state index is -0.0865. The third kappa shape index (κ3) is 4.50. The van der Waals surface area contributed by atoms with Crippen LogP contribution in [0.2, 0.25) is 0 Å². The number of aromatic amines is 1. The molecule has 0 aliphatic heterocycles. The maximum atomic E-state index is 12.3. The van der Waals surface area contributed by atoms with E-state index in [1.54, 1.807) is 17.4 Å². The van der Waals surface area contributed by atoms with Gasteiger partial charge < -0.3 is 4.98 Å². The number of thiazole rings is 1. The van der Waals surface area contributed by atoms with Gasteiger partial charge >= 0.3 is 0 Å². The number of rotatable bonds is 7. The second-order valence-corrected chi connectivity index (χ2v) is 8.86. The lowest BCUT2D eigenvalue weighted by atomic mass is 10.0. The Morgan fingerprint density at radius 3 is 2.57 bits per heavy atom. The topological polar surface area (TPSA) is 61.9 Å². The predicted octanol–water partition coefficient (Wildman–Crippen LogP) is 5.19. The van der Waals surface area contributed by atoms with Crippen LogP contribution in [0, 0.1) is 0 Å². The first-order chi connectivity index (χ1) is 14.5. The Morgan fingerprint density at radius 2 is 1.83 bits per heavy atom. The fraction of sp³-hybridized carbons (Fsp3) is 0.292. The van der Waals surface area contributed by atoms with Crippen LogP contribution in [0.15, 0.2) is 59.5 Å². The first-order valence-electron chi connectivity index (χ1n) is 10.3. The summed E-state index contributed by atoms with van der Waals surface area (Å²) < 4.78 is 0. The molecule has 2 aromatic heterocycles. The second-order valence-electron chi connectivity index (χ2n) is 7.74. The van der Waals surface area contributed by atoms with E-state index < -0.39 is 0 Å². The summed E-state index contributed by atoms with van der Waals surface area (Å²) in [7, 11) is 0. The van der Waals surface area contributed by atoms with Crippen molar-refractivity contribution < 1.29 is 0 Å². The summed E-state index contributed by atoms with van der Waals surface area (Å²) in [5.74, 6) is 1.22. The van der Waals surface area contributed by atoms with E-state index in [-0.39, 0.29) is 5.56 Å². The molecule has 4 rings (SSSR count). The normalized spacial score (nSPS) is 11.6. The quantitative estimate of drug-likeness (QED) is 0.448. The lowest BCUT2D eigenvalue weighted by Crippen LogP contribution is -2.25. The zero-order valence-electron chi connectivity index (χ0n) is 17.6. The van der Waals surface area contributed by atoms with Crippen LogP contribution >= 0.6 is 11.3 Å². The Balaban J connectivity index is 1.49. The molecule has 4 aromatic rings. The Kier molecular flexibility index (Phi) is 6.06. The van der Waals surface area contributed by atoms with Crippen molar-refractivity contribution in [3.05, 3.63) is 81.3 Å². The van der Waals surface area contributed by atoms with Gasteiger partial charge in [0.15, 0.2) is 0 Å². The number of para-hydroxylation sites is 1. The summed E-state index contributed by atoms with van der Waals surface area (Å²) in [4.78, 5) is 28.0. The Morgan fingerprint density at radius 1 is 1.07 bits per heavy atom. The van der Waals surface area contributed by atoms with Crippen LogP contribution in [0.1, 0.15) is 43.0 Å². The Bertz CT molecular complexity index is 1190. The lowest BCUT2D eigenvalue weighted by Gasteiger charge is -2.18. The van der Waals surface area contributed by atoms with Gasteiger partial charge in [-0.05, 0) is 30.2 Å². The van der Waals surface area contributed by atoms with Crippen molar-refractivity contribution in [2.45, 2.75) is 39.8 Å². The van der Waals surface area contributed by atoms with Crippen molar-refractivity contribution in [3.8, 4) is 10.6 Å². The van der Waals surface area contributed by atoms with Crippen molar-refractivity contribution >= 4 is 22.2 Å². The molecule has 0 aliphatic carbocycles. The van der Waals surface area contributed by atoms with Crippen molar-refractivity contribution in [3.63, 3.8) is 0 Å². The molecule has 0 aliphatic rings. The zero-order valence-corrected chi connectivity index (χ0v) is 18.4. The highest BCUT2D eigenvalue weighted by Gasteiger charge is 2.12. The third-order valence-corrected chi connectivity index (χ3v) is 6.27. The molecule has 0 bridgehead atoms. The van der Waals surface area contributed by atoms with E-state index in [1.807, 2.05) is 24.4 Å². The molecule has 0 saturated carbocycles. The highest BCUT2D eigenvalue weighted by molar-refractivity contribution is 7.15. The predicted molar refractivity (Wildman–Crippen MR) is 124 cm³/mol. The Hall–Kier alpha value is -2.83. The molecule has 0 amide bonds. The fourth-order valence-corrected chi connectivity index (χ4v) is 4.41. The van der Waals surface area contributed by atoms with Crippen LogP contribution in [-0.4, -0.2) is 26.4 Å². The van der Waals surface area contributed by atoms with Crippen molar-refractivity contribution in [1.82, 2.24) is 19.9 Å². The summed E-state index contributed by atoms with van der Waals surface area (Å²) in [5, 5.41) is 1.66. The molecule has 1 N–H and O–H groups in total. The summed E-state index contributed by atoms with van der Waals surface area (Å²) in [5.41, 5.74) is 3.14. The minimum Gasteiger partial charge on any atom is -0.309 e. The maximum absolute atomic E-state index is 12.3. The van der Waals surface area contributed by atoms with E-state index >= 15 is 0 Å². The molecule has 0 atom stereocenters. The van der Waals surface area contributed by atoms with E-state index in [9.17, 15) is 4.79 Å². The highest BCUT2D eigenvalue weighted by Crippen LogP contribution is 2.27. The SMILES string of the molecule is CCN(Cc1nc2ccccc2c(=O)[nH]1)Cc1cnc(-c2ccc(C(C)C)cc2)s1. The van der Waals surface area contributed by atoms with Crippen LogP contribution in [0.5, 0.6) is 0 Å². The van der Waals surface area contributed by atoms with Gasteiger partial charge in [-0.15, -0.1) is 11.3 Å². The number of H-pyrrole nitrogens is 1. The third-order valence-electron chi connectivity index (χ3n) is 5.24. The van der Waals surface area contributed by atoms with E-state index in [0.717, 1.165) is 29.2 Å². The van der Waals surface area contributed by atoms with Crippen LogP contribution in [0.4, 0.5) is 0 Å². The van der Waals surface area contributed by atoms with Gasteiger partial charge in [-0.3, -0.25) is 9.69 Å². The number of nitrogens with zero attached hydrogens (tertiary/aromatic N) is 3. The second kappa shape index (κ2) is 8.90. The van der Waals surface area contributed by atoms with Gasteiger partial charge in [-0.2, -0.15) is 0 Å². The Labute approximate surface area is 180 Å². The number of benzene rings is 2. The van der Waals surface area contributed by atoms with Gasteiger partial charge in [0.2, 0.25) is 0 Å². The summed E-state index contributed by atoms with van der Waals surface area (Å²) >= 11 is 1.72. The average Bonchev–Trinajstić information content (AvgIpc) is 3.22. The van der Waals surface area contributed by atoms with Crippen LogP contribution in [0.25, 0.3) is 21.5 Å². The van der Waals surface area contributed by atoms with Crippen LogP contribution in [-0.2, 0) is 13.1 Å². The molecule has 0 saturated heterocycles.